The van der Waals surface area contributed by atoms with Crippen molar-refractivity contribution in [2.75, 3.05) is 31.1 Å². The van der Waals surface area contributed by atoms with Gasteiger partial charge in [0.2, 0.25) is 5.91 Å². The number of hydrogen-bond acceptors (Lipinski definition) is 4. The molecule has 5 rings (SSSR count). The van der Waals surface area contributed by atoms with Gasteiger partial charge in [0.15, 0.2) is 0 Å². The van der Waals surface area contributed by atoms with Gasteiger partial charge in [0.05, 0.1) is 4.92 Å². The molecule has 1 aromatic heterocycles. The molecule has 1 amide bonds. The third-order valence-electron chi connectivity index (χ3n) is 7.45. The number of aromatic nitrogens is 1. The van der Waals surface area contributed by atoms with Crippen molar-refractivity contribution in [3.8, 4) is 0 Å². The second-order valence-electron chi connectivity index (χ2n) is 9.70. The second-order valence-corrected chi connectivity index (χ2v) is 9.70. The Bertz CT molecular complexity index is 1400. The van der Waals surface area contributed by atoms with Crippen molar-refractivity contribution in [3.05, 3.63) is 106 Å². The number of non-ortho nitro benzene ring substituents is 1. The number of fused-ring (bicyclic) bond motifs is 1. The maximum Gasteiger partial charge on any atom is 0.269 e. The molecule has 4 aromatic rings. The summed E-state index contributed by atoms with van der Waals surface area (Å²) < 4.78 is 2.26. The standard InChI is InChI=1S/C30H32N4O3/c1-3-31-21-28(26-6-4-5-7-29(26)31)27(23-10-8-22(2)9-11-23)20-30(35)33-18-16-32(17-19-33)24-12-14-25(15-13-24)34(36)37/h4-15,21,27H,3,16-20H2,1-2H3/t27-/m0/s1. The highest BCUT2D eigenvalue weighted by Gasteiger charge is 2.27. The highest BCUT2D eigenvalue weighted by molar-refractivity contribution is 5.87. The van der Waals surface area contributed by atoms with Gasteiger partial charge in [-0.2, -0.15) is 0 Å². The lowest BCUT2D eigenvalue weighted by Crippen LogP contribution is -2.49. The maximum atomic E-state index is 13.6. The average Bonchev–Trinajstić information content (AvgIpc) is 3.31. The monoisotopic (exact) mass is 496 g/mol. The van der Waals surface area contributed by atoms with Crippen molar-refractivity contribution in [1.82, 2.24) is 9.47 Å². The molecule has 7 heteroatoms. The van der Waals surface area contributed by atoms with Gasteiger partial charge in [-0.3, -0.25) is 14.9 Å². The zero-order chi connectivity index (χ0) is 25.9. The van der Waals surface area contributed by atoms with Crippen LogP contribution in [0.4, 0.5) is 11.4 Å². The van der Waals surface area contributed by atoms with Crippen LogP contribution in [-0.4, -0.2) is 46.5 Å². The van der Waals surface area contributed by atoms with Crippen LogP contribution in [-0.2, 0) is 11.3 Å². The highest BCUT2D eigenvalue weighted by Crippen LogP contribution is 2.35. The Hall–Kier alpha value is -4.13. The Kier molecular flexibility index (Phi) is 6.95. The number of rotatable bonds is 7. The molecule has 1 fully saturated rings. The Morgan fingerprint density at radius 2 is 1.62 bits per heavy atom. The zero-order valence-corrected chi connectivity index (χ0v) is 21.3. The minimum Gasteiger partial charge on any atom is -0.368 e. The van der Waals surface area contributed by atoms with E-state index in [0.29, 0.717) is 32.6 Å². The van der Waals surface area contributed by atoms with Gasteiger partial charge >= 0.3 is 0 Å². The number of carbonyl (C=O) groups excluding carboxylic acids is 1. The fourth-order valence-electron chi connectivity index (χ4n) is 5.32. The molecule has 0 bridgehead atoms. The van der Waals surface area contributed by atoms with Crippen LogP contribution in [0.25, 0.3) is 10.9 Å². The van der Waals surface area contributed by atoms with Crippen LogP contribution in [0.1, 0.15) is 36.0 Å². The quantitative estimate of drug-likeness (QED) is 0.241. The molecule has 7 nitrogen and oxygen atoms in total. The molecular formula is C30H32N4O3. The molecule has 1 aliphatic heterocycles. The first-order chi connectivity index (χ1) is 17.9. The molecule has 0 spiro atoms. The van der Waals surface area contributed by atoms with Gasteiger partial charge in [-0.15, -0.1) is 0 Å². The molecule has 3 aromatic carbocycles. The summed E-state index contributed by atoms with van der Waals surface area (Å²) in [5.74, 6) is 0.126. The van der Waals surface area contributed by atoms with Crippen molar-refractivity contribution in [2.45, 2.75) is 32.7 Å². The number of benzene rings is 3. The Labute approximate surface area is 217 Å². The van der Waals surface area contributed by atoms with E-state index in [1.54, 1.807) is 12.1 Å². The number of nitro benzene ring substituents is 1. The number of aryl methyl sites for hydroxylation is 2. The number of nitro groups is 1. The average molecular weight is 497 g/mol. The van der Waals surface area contributed by atoms with Crippen molar-refractivity contribution in [1.29, 1.82) is 0 Å². The number of hydrogen-bond donors (Lipinski definition) is 0. The molecule has 0 N–H and O–H groups in total. The topological polar surface area (TPSA) is 71.6 Å². The van der Waals surface area contributed by atoms with Gasteiger partial charge in [0, 0.05) is 80.0 Å². The van der Waals surface area contributed by atoms with Crippen molar-refractivity contribution in [3.63, 3.8) is 0 Å². The first-order valence-electron chi connectivity index (χ1n) is 12.9. The van der Waals surface area contributed by atoms with E-state index in [-0.39, 0.29) is 22.4 Å². The van der Waals surface area contributed by atoms with Crippen LogP contribution in [0.3, 0.4) is 0 Å². The molecule has 0 saturated carbocycles. The fraction of sp³-hybridized carbons (Fsp3) is 0.300. The largest absolute Gasteiger partial charge is 0.368 e. The minimum atomic E-state index is -0.386. The van der Waals surface area contributed by atoms with Gasteiger partial charge in [0.25, 0.3) is 5.69 Å². The lowest BCUT2D eigenvalue weighted by atomic mass is 9.87. The first kappa shape index (κ1) is 24.6. The summed E-state index contributed by atoms with van der Waals surface area (Å²) in [7, 11) is 0. The van der Waals surface area contributed by atoms with Crippen LogP contribution in [0, 0.1) is 17.0 Å². The summed E-state index contributed by atoms with van der Waals surface area (Å²) in [6.45, 7) is 7.77. The van der Waals surface area contributed by atoms with Crippen molar-refractivity contribution in [2.24, 2.45) is 0 Å². The van der Waals surface area contributed by atoms with E-state index < -0.39 is 0 Å². The van der Waals surface area contributed by atoms with Gasteiger partial charge in [-0.25, -0.2) is 0 Å². The van der Waals surface area contributed by atoms with Gasteiger partial charge in [-0.05, 0) is 43.2 Å². The summed E-state index contributed by atoms with van der Waals surface area (Å²) in [6.07, 6.45) is 2.63. The molecule has 0 aliphatic carbocycles. The van der Waals surface area contributed by atoms with Gasteiger partial charge < -0.3 is 14.4 Å². The summed E-state index contributed by atoms with van der Waals surface area (Å²) in [6, 6.07) is 23.6. The van der Waals surface area contributed by atoms with E-state index in [2.05, 4.69) is 78.0 Å². The Morgan fingerprint density at radius 1 is 0.946 bits per heavy atom. The molecule has 190 valence electrons. The molecular weight excluding hydrogens is 464 g/mol. The van der Waals surface area contributed by atoms with Crippen molar-refractivity contribution >= 4 is 28.2 Å². The summed E-state index contributed by atoms with van der Waals surface area (Å²) >= 11 is 0. The smallest absolute Gasteiger partial charge is 0.269 e. The molecule has 1 atom stereocenters. The number of para-hydroxylation sites is 1. The van der Waals surface area contributed by atoms with E-state index in [4.69, 9.17) is 0 Å². The normalized spacial score (nSPS) is 14.6. The van der Waals surface area contributed by atoms with E-state index in [1.165, 1.54) is 34.2 Å². The SMILES string of the molecule is CCn1cc([C@@H](CC(=O)N2CCN(c3ccc([N+](=O)[O-])cc3)CC2)c2ccc(C)cc2)c2ccccc21. The van der Waals surface area contributed by atoms with Gasteiger partial charge in [-0.1, -0.05) is 48.0 Å². The number of anilines is 1. The van der Waals surface area contributed by atoms with Crippen LogP contribution in [0.5, 0.6) is 0 Å². The fourth-order valence-corrected chi connectivity index (χ4v) is 5.32. The predicted octanol–water partition coefficient (Wildman–Crippen LogP) is 5.75. The van der Waals surface area contributed by atoms with E-state index in [9.17, 15) is 14.9 Å². The molecule has 1 aliphatic rings. The Balaban J connectivity index is 1.35. The summed E-state index contributed by atoms with van der Waals surface area (Å²) in [5, 5.41) is 12.2. The molecule has 1 saturated heterocycles. The highest BCUT2D eigenvalue weighted by atomic mass is 16.6. The predicted molar refractivity (Wildman–Crippen MR) is 147 cm³/mol. The third kappa shape index (κ3) is 5.07. The lowest BCUT2D eigenvalue weighted by molar-refractivity contribution is -0.384. The van der Waals surface area contributed by atoms with Crippen LogP contribution >= 0.6 is 0 Å². The molecule has 0 unspecified atom stereocenters. The lowest BCUT2D eigenvalue weighted by Gasteiger charge is -2.36. The number of carbonyl (C=O) groups is 1. The van der Waals surface area contributed by atoms with E-state index >= 15 is 0 Å². The molecule has 0 radical (unpaired) electrons. The van der Waals surface area contributed by atoms with Crippen LogP contribution in [0.15, 0.2) is 79.0 Å². The second kappa shape index (κ2) is 10.5. The number of piperazine rings is 1. The number of amides is 1. The Morgan fingerprint density at radius 3 is 2.27 bits per heavy atom. The van der Waals surface area contributed by atoms with Gasteiger partial charge in [0.1, 0.15) is 0 Å². The summed E-state index contributed by atoms with van der Waals surface area (Å²) in [4.78, 5) is 28.3. The maximum absolute atomic E-state index is 13.6. The first-order valence-corrected chi connectivity index (χ1v) is 12.9. The van der Waals surface area contributed by atoms with Crippen LogP contribution in [0.2, 0.25) is 0 Å². The zero-order valence-electron chi connectivity index (χ0n) is 21.3. The van der Waals surface area contributed by atoms with Crippen LogP contribution < -0.4 is 4.90 Å². The summed E-state index contributed by atoms with van der Waals surface area (Å²) in [5.41, 5.74) is 5.78. The minimum absolute atomic E-state index is 0.0292. The number of nitrogens with zero attached hydrogens (tertiary/aromatic N) is 4. The van der Waals surface area contributed by atoms with E-state index in [0.717, 1.165) is 17.8 Å². The molecule has 2 heterocycles. The van der Waals surface area contributed by atoms with Crippen molar-refractivity contribution < 1.29 is 9.72 Å². The van der Waals surface area contributed by atoms with E-state index in [1.807, 2.05) is 4.90 Å². The molecule has 37 heavy (non-hydrogen) atoms. The third-order valence-corrected chi connectivity index (χ3v) is 7.45.